The number of carbonyl (C=O) groups excluding carboxylic acids is 2. The number of ether oxygens (including phenoxy) is 2. The van der Waals surface area contributed by atoms with Crippen molar-refractivity contribution in [1.29, 1.82) is 0 Å². The molecule has 1 aliphatic carbocycles. The van der Waals surface area contributed by atoms with Crippen molar-refractivity contribution in [1.82, 2.24) is 0 Å². The molecule has 0 amide bonds. The van der Waals surface area contributed by atoms with Gasteiger partial charge in [0.2, 0.25) is 0 Å². The number of carbonyl (C=O) groups is 2. The van der Waals surface area contributed by atoms with Crippen molar-refractivity contribution in [3.05, 3.63) is 0 Å². The molecule has 1 atom stereocenters. The standard InChI is InChI=1S/C11H18O4/c1-4-5-6-8-7-11(8,9(12)14-2)10(13)15-3/h8H,4-7H2,1-3H3. The lowest BCUT2D eigenvalue weighted by atomic mass is 10.0. The van der Waals surface area contributed by atoms with Crippen molar-refractivity contribution in [3.63, 3.8) is 0 Å². The lowest BCUT2D eigenvalue weighted by molar-refractivity contribution is -0.162. The van der Waals surface area contributed by atoms with Crippen molar-refractivity contribution in [2.75, 3.05) is 14.2 Å². The highest BCUT2D eigenvalue weighted by Gasteiger charge is 2.67. The van der Waals surface area contributed by atoms with Crippen molar-refractivity contribution >= 4 is 11.9 Å². The maximum absolute atomic E-state index is 11.5. The number of unbranched alkanes of at least 4 members (excludes halogenated alkanes) is 1. The average molecular weight is 214 g/mol. The van der Waals surface area contributed by atoms with Crippen LogP contribution in [0.15, 0.2) is 0 Å². The molecule has 0 N–H and O–H groups in total. The highest BCUT2D eigenvalue weighted by atomic mass is 16.5. The van der Waals surface area contributed by atoms with Crippen molar-refractivity contribution in [2.24, 2.45) is 11.3 Å². The Hall–Kier alpha value is -1.06. The van der Waals surface area contributed by atoms with Crippen LogP contribution in [0.25, 0.3) is 0 Å². The highest BCUT2D eigenvalue weighted by molar-refractivity contribution is 6.03. The van der Waals surface area contributed by atoms with Crippen LogP contribution in [0.4, 0.5) is 0 Å². The Balaban J connectivity index is 2.67. The zero-order valence-corrected chi connectivity index (χ0v) is 9.54. The third kappa shape index (κ3) is 1.98. The molecule has 4 nitrogen and oxygen atoms in total. The summed E-state index contributed by atoms with van der Waals surface area (Å²) in [7, 11) is 2.62. The van der Waals surface area contributed by atoms with E-state index in [1.807, 2.05) is 0 Å². The van der Waals surface area contributed by atoms with Gasteiger partial charge in [-0.15, -0.1) is 0 Å². The van der Waals surface area contributed by atoms with E-state index in [9.17, 15) is 9.59 Å². The van der Waals surface area contributed by atoms with Gasteiger partial charge in [0.15, 0.2) is 5.41 Å². The number of hydrogen-bond acceptors (Lipinski definition) is 4. The molecule has 0 aromatic heterocycles. The molecular weight excluding hydrogens is 196 g/mol. The van der Waals surface area contributed by atoms with Gasteiger partial charge in [-0.2, -0.15) is 0 Å². The molecule has 4 heteroatoms. The summed E-state index contributed by atoms with van der Waals surface area (Å²) in [6.07, 6.45) is 3.56. The molecule has 1 fully saturated rings. The molecule has 0 spiro atoms. The minimum Gasteiger partial charge on any atom is -0.468 e. The van der Waals surface area contributed by atoms with Crippen LogP contribution in [0, 0.1) is 11.3 Å². The third-order valence-corrected chi connectivity index (χ3v) is 3.11. The summed E-state index contributed by atoms with van der Waals surface area (Å²) >= 11 is 0. The highest BCUT2D eigenvalue weighted by Crippen LogP contribution is 2.56. The van der Waals surface area contributed by atoms with E-state index in [0.29, 0.717) is 6.42 Å². The van der Waals surface area contributed by atoms with Crippen LogP contribution in [-0.2, 0) is 19.1 Å². The van der Waals surface area contributed by atoms with Gasteiger partial charge in [-0.05, 0) is 18.8 Å². The Bertz CT molecular complexity index is 243. The molecule has 1 unspecified atom stereocenters. The topological polar surface area (TPSA) is 52.6 Å². The van der Waals surface area contributed by atoms with Gasteiger partial charge in [-0.1, -0.05) is 19.8 Å². The number of hydrogen-bond donors (Lipinski definition) is 0. The van der Waals surface area contributed by atoms with E-state index in [-0.39, 0.29) is 5.92 Å². The van der Waals surface area contributed by atoms with E-state index in [4.69, 9.17) is 0 Å². The number of rotatable bonds is 5. The number of esters is 2. The zero-order valence-electron chi connectivity index (χ0n) is 9.54. The van der Waals surface area contributed by atoms with Crippen LogP contribution in [0.1, 0.15) is 32.6 Å². The maximum Gasteiger partial charge on any atom is 0.323 e. The van der Waals surface area contributed by atoms with Crippen LogP contribution in [0.3, 0.4) is 0 Å². The molecule has 1 saturated carbocycles. The molecule has 0 radical (unpaired) electrons. The van der Waals surface area contributed by atoms with Gasteiger partial charge in [0.1, 0.15) is 0 Å². The second-order valence-corrected chi connectivity index (χ2v) is 4.00. The van der Waals surface area contributed by atoms with E-state index in [0.717, 1.165) is 19.3 Å². The fourth-order valence-electron chi connectivity index (χ4n) is 2.08. The molecular formula is C11H18O4. The second-order valence-electron chi connectivity index (χ2n) is 4.00. The van der Waals surface area contributed by atoms with E-state index in [1.165, 1.54) is 14.2 Å². The van der Waals surface area contributed by atoms with E-state index in [2.05, 4.69) is 16.4 Å². The molecule has 0 aromatic rings. The van der Waals surface area contributed by atoms with E-state index in [1.54, 1.807) is 0 Å². The summed E-state index contributed by atoms with van der Waals surface area (Å²) in [5.74, 6) is -0.789. The molecule has 86 valence electrons. The molecule has 0 aromatic carbocycles. The predicted octanol–water partition coefficient (Wildman–Crippen LogP) is 1.53. The summed E-state index contributed by atoms with van der Waals surface area (Å²) in [6.45, 7) is 2.08. The van der Waals surface area contributed by atoms with Crippen LogP contribution < -0.4 is 0 Å². The van der Waals surface area contributed by atoms with Crippen LogP contribution in [-0.4, -0.2) is 26.2 Å². The monoisotopic (exact) mass is 214 g/mol. The number of methoxy groups -OCH3 is 2. The summed E-state index contributed by atoms with van der Waals surface area (Å²) in [5, 5.41) is 0. The van der Waals surface area contributed by atoms with Gasteiger partial charge < -0.3 is 9.47 Å². The molecule has 1 aliphatic rings. The summed E-state index contributed by atoms with van der Waals surface area (Å²) in [4.78, 5) is 23.1. The third-order valence-electron chi connectivity index (χ3n) is 3.11. The van der Waals surface area contributed by atoms with Gasteiger partial charge >= 0.3 is 11.9 Å². The zero-order chi connectivity index (χ0) is 11.5. The normalized spacial score (nSPS) is 21.9. The quantitative estimate of drug-likeness (QED) is 0.514. The van der Waals surface area contributed by atoms with Crippen LogP contribution in [0.2, 0.25) is 0 Å². The molecule has 15 heavy (non-hydrogen) atoms. The minimum absolute atomic E-state index is 0.109. The second kappa shape index (κ2) is 4.64. The maximum atomic E-state index is 11.5. The van der Waals surface area contributed by atoms with Crippen LogP contribution in [0.5, 0.6) is 0 Å². The average Bonchev–Trinajstić information content (AvgIpc) is 2.99. The molecule has 1 rings (SSSR count). The molecule has 0 heterocycles. The van der Waals surface area contributed by atoms with Gasteiger partial charge in [0, 0.05) is 0 Å². The Morgan fingerprint density at radius 2 is 1.80 bits per heavy atom. The summed E-state index contributed by atoms with van der Waals surface area (Å²) in [5.41, 5.74) is -0.987. The van der Waals surface area contributed by atoms with Crippen LogP contribution >= 0.6 is 0 Å². The Labute approximate surface area is 89.9 Å². The SMILES string of the molecule is CCCCC1CC1(C(=O)OC)C(=O)OC. The van der Waals surface area contributed by atoms with E-state index >= 15 is 0 Å². The van der Waals surface area contributed by atoms with Crippen molar-refractivity contribution in [3.8, 4) is 0 Å². The molecule has 0 bridgehead atoms. The fourth-order valence-corrected chi connectivity index (χ4v) is 2.08. The van der Waals surface area contributed by atoms with Gasteiger partial charge in [0.25, 0.3) is 0 Å². The Morgan fingerprint density at radius 1 is 1.27 bits per heavy atom. The predicted molar refractivity (Wildman–Crippen MR) is 54.1 cm³/mol. The van der Waals surface area contributed by atoms with Gasteiger partial charge in [-0.3, -0.25) is 9.59 Å². The first kappa shape index (κ1) is 12.0. The lowest BCUT2D eigenvalue weighted by Crippen LogP contribution is -2.30. The van der Waals surface area contributed by atoms with Crippen molar-refractivity contribution < 1.29 is 19.1 Å². The Morgan fingerprint density at radius 3 is 2.20 bits per heavy atom. The lowest BCUT2D eigenvalue weighted by Gasteiger charge is -2.11. The first-order chi connectivity index (χ1) is 7.13. The van der Waals surface area contributed by atoms with Crippen molar-refractivity contribution in [2.45, 2.75) is 32.6 Å². The fraction of sp³-hybridized carbons (Fsp3) is 0.818. The van der Waals surface area contributed by atoms with E-state index < -0.39 is 17.4 Å². The van der Waals surface area contributed by atoms with Gasteiger partial charge in [0.05, 0.1) is 14.2 Å². The molecule has 0 aliphatic heterocycles. The molecule has 0 saturated heterocycles. The summed E-state index contributed by atoms with van der Waals surface area (Å²) < 4.78 is 9.34. The first-order valence-corrected chi connectivity index (χ1v) is 5.30. The summed E-state index contributed by atoms with van der Waals surface area (Å²) in [6, 6.07) is 0. The van der Waals surface area contributed by atoms with Gasteiger partial charge in [-0.25, -0.2) is 0 Å². The largest absolute Gasteiger partial charge is 0.468 e. The minimum atomic E-state index is -0.987. The first-order valence-electron chi connectivity index (χ1n) is 5.30. The smallest absolute Gasteiger partial charge is 0.323 e. The Kier molecular flexibility index (Phi) is 3.72.